The molecule has 0 saturated carbocycles. The van der Waals surface area contributed by atoms with Crippen LogP contribution in [0.15, 0.2) is 29.2 Å². The van der Waals surface area contributed by atoms with Gasteiger partial charge in [-0.15, -0.1) is 0 Å². The van der Waals surface area contributed by atoms with Crippen LogP contribution in [0.1, 0.15) is 38.1 Å². The summed E-state index contributed by atoms with van der Waals surface area (Å²) in [6.45, 7) is 5.99. The van der Waals surface area contributed by atoms with Crippen molar-refractivity contribution in [3.05, 3.63) is 29.8 Å². The van der Waals surface area contributed by atoms with Gasteiger partial charge in [-0.25, -0.2) is 8.42 Å². The van der Waals surface area contributed by atoms with E-state index in [1.165, 1.54) is 38.1 Å². The number of Topliss-reactive ketones (excluding diaryl/α,β-unsaturated/α-hetero) is 1. The fourth-order valence-electron chi connectivity index (χ4n) is 1.54. The first-order valence-electron chi connectivity index (χ1n) is 6.21. The van der Waals surface area contributed by atoms with Crippen LogP contribution in [0.2, 0.25) is 0 Å². The van der Waals surface area contributed by atoms with E-state index >= 15 is 0 Å². The van der Waals surface area contributed by atoms with Gasteiger partial charge in [0, 0.05) is 5.56 Å². The van der Waals surface area contributed by atoms with Crippen LogP contribution in [0.3, 0.4) is 0 Å². The van der Waals surface area contributed by atoms with E-state index < -0.39 is 21.1 Å². The summed E-state index contributed by atoms with van der Waals surface area (Å²) in [5.74, 6) is -0.933. The average molecular weight is 298 g/mol. The number of benzene rings is 1. The van der Waals surface area contributed by atoms with Crippen molar-refractivity contribution < 1.29 is 22.7 Å². The lowest BCUT2D eigenvalue weighted by atomic mass is 10.2. The topological polar surface area (TPSA) is 77.5 Å². The van der Waals surface area contributed by atoms with Crippen LogP contribution in [0.4, 0.5) is 0 Å². The summed E-state index contributed by atoms with van der Waals surface area (Å²) in [6, 6.07) is 5.50. The first kappa shape index (κ1) is 16.4. The molecule has 6 heteroatoms. The number of carbonyl (C=O) groups excluding carboxylic acids is 2. The number of hydrogen-bond acceptors (Lipinski definition) is 5. The Balaban J connectivity index is 3.04. The van der Waals surface area contributed by atoms with Gasteiger partial charge >= 0.3 is 5.97 Å². The fraction of sp³-hybridized carbons (Fsp3) is 0.429. The Bertz CT molecular complexity index is 599. The molecule has 0 spiro atoms. The molecule has 5 nitrogen and oxygen atoms in total. The molecule has 0 heterocycles. The molecule has 0 aliphatic rings. The number of rotatable bonds is 5. The van der Waals surface area contributed by atoms with Gasteiger partial charge in [0.2, 0.25) is 0 Å². The first-order valence-corrected chi connectivity index (χ1v) is 7.76. The number of ether oxygens (including phenoxy) is 1. The highest BCUT2D eigenvalue weighted by Gasteiger charge is 2.31. The monoisotopic (exact) mass is 298 g/mol. The average Bonchev–Trinajstić information content (AvgIpc) is 2.37. The molecule has 0 N–H and O–H groups in total. The Morgan fingerprint density at radius 2 is 1.55 bits per heavy atom. The van der Waals surface area contributed by atoms with Crippen molar-refractivity contribution in [2.75, 3.05) is 0 Å². The predicted molar refractivity (Wildman–Crippen MR) is 74.3 cm³/mol. The minimum atomic E-state index is -3.81. The maximum atomic E-state index is 12.3. The van der Waals surface area contributed by atoms with Crippen LogP contribution in [-0.2, 0) is 19.4 Å². The molecule has 0 aromatic heterocycles. The van der Waals surface area contributed by atoms with Crippen molar-refractivity contribution in [2.45, 2.75) is 43.9 Å². The lowest BCUT2D eigenvalue weighted by molar-refractivity contribution is -0.146. The van der Waals surface area contributed by atoms with E-state index in [0.29, 0.717) is 5.56 Å². The lowest BCUT2D eigenvalue weighted by Gasteiger charge is -2.14. The van der Waals surface area contributed by atoms with Crippen LogP contribution in [-0.4, -0.2) is 31.5 Å². The number of ketones is 1. The molecule has 1 aromatic rings. The second-order valence-electron chi connectivity index (χ2n) is 4.75. The smallest absolute Gasteiger partial charge is 0.324 e. The summed E-state index contributed by atoms with van der Waals surface area (Å²) in [5.41, 5.74) is 0.418. The largest absolute Gasteiger partial charge is 0.462 e. The van der Waals surface area contributed by atoms with E-state index in [9.17, 15) is 18.0 Å². The van der Waals surface area contributed by atoms with Crippen molar-refractivity contribution in [1.82, 2.24) is 0 Å². The quantitative estimate of drug-likeness (QED) is 0.614. The summed E-state index contributed by atoms with van der Waals surface area (Å²) in [6.07, 6.45) is -0.375. The van der Waals surface area contributed by atoms with Crippen molar-refractivity contribution in [3.8, 4) is 0 Å². The van der Waals surface area contributed by atoms with Crippen LogP contribution >= 0.6 is 0 Å². The minimum Gasteiger partial charge on any atom is -0.462 e. The minimum absolute atomic E-state index is 0.00398. The van der Waals surface area contributed by atoms with Crippen LogP contribution in [0, 0.1) is 0 Å². The first-order chi connectivity index (χ1) is 9.16. The van der Waals surface area contributed by atoms with Gasteiger partial charge in [-0.2, -0.15) is 0 Å². The molecule has 110 valence electrons. The third-order valence-electron chi connectivity index (χ3n) is 2.74. The van der Waals surface area contributed by atoms with Crippen molar-refractivity contribution in [1.29, 1.82) is 0 Å². The Morgan fingerprint density at radius 1 is 1.05 bits per heavy atom. The van der Waals surface area contributed by atoms with E-state index in [4.69, 9.17) is 4.74 Å². The zero-order valence-electron chi connectivity index (χ0n) is 11.9. The van der Waals surface area contributed by atoms with Gasteiger partial charge in [-0.1, -0.05) is 12.1 Å². The lowest BCUT2D eigenvalue weighted by Crippen LogP contribution is -2.31. The molecular formula is C14H18O5S. The van der Waals surface area contributed by atoms with Crippen molar-refractivity contribution in [2.24, 2.45) is 0 Å². The maximum Gasteiger partial charge on any atom is 0.324 e. The van der Waals surface area contributed by atoms with Gasteiger partial charge in [-0.05, 0) is 39.8 Å². The number of carbonyl (C=O) groups is 2. The van der Waals surface area contributed by atoms with E-state index in [-0.39, 0.29) is 16.8 Å². The molecule has 0 bridgehead atoms. The number of esters is 1. The summed E-state index contributed by atoms with van der Waals surface area (Å²) in [5, 5.41) is -1.28. The van der Waals surface area contributed by atoms with Gasteiger partial charge in [0.1, 0.15) is 0 Å². The Morgan fingerprint density at radius 3 is 1.95 bits per heavy atom. The molecule has 1 aromatic carbocycles. The summed E-state index contributed by atoms with van der Waals surface area (Å²) < 4.78 is 29.4. The molecule has 0 aliphatic carbocycles. The van der Waals surface area contributed by atoms with Crippen molar-refractivity contribution >= 4 is 21.6 Å². The zero-order chi connectivity index (χ0) is 15.5. The molecule has 1 unspecified atom stereocenters. The van der Waals surface area contributed by atoms with E-state index in [0.717, 1.165) is 0 Å². The fourth-order valence-corrected chi connectivity index (χ4v) is 2.77. The maximum absolute atomic E-state index is 12.3. The molecule has 1 rings (SSSR count). The SMILES string of the molecule is CC(=O)c1ccc(S(=O)(=O)C(C)C(=O)OC(C)C)cc1. The van der Waals surface area contributed by atoms with Crippen molar-refractivity contribution in [3.63, 3.8) is 0 Å². The highest BCUT2D eigenvalue weighted by atomic mass is 32.2. The number of sulfone groups is 1. The molecular weight excluding hydrogens is 280 g/mol. The van der Waals surface area contributed by atoms with Crippen LogP contribution in [0.25, 0.3) is 0 Å². The highest BCUT2D eigenvalue weighted by Crippen LogP contribution is 2.18. The second-order valence-corrected chi connectivity index (χ2v) is 7.02. The molecule has 20 heavy (non-hydrogen) atoms. The van der Waals surface area contributed by atoms with E-state index in [2.05, 4.69) is 0 Å². The summed E-state index contributed by atoms with van der Waals surface area (Å²) in [4.78, 5) is 22.8. The Labute approximate surface area is 118 Å². The van der Waals surface area contributed by atoms with Gasteiger partial charge in [0.25, 0.3) is 0 Å². The van der Waals surface area contributed by atoms with E-state index in [1.54, 1.807) is 13.8 Å². The predicted octanol–water partition coefficient (Wildman–Crippen LogP) is 2.00. The van der Waals surface area contributed by atoms with Gasteiger partial charge < -0.3 is 4.74 Å². The van der Waals surface area contributed by atoms with Crippen LogP contribution in [0.5, 0.6) is 0 Å². The summed E-state index contributed by atoms with van der Waals surface area (Å²) in [7, 11) is -3.81. The molecule has 1 atom stereocenters. The third-order valence-corrected chi connectivity index (χ3v) is 4.79. The Kier molecular flexibility index (Phi) is 5.05. The highest BCUT2D eigenvalue weighted by molar-refractivity contribution is 7.92. The standard InChI is InChI=1S/C14H18O5S/c1-9(2)19-14(16)11(4)20(17,18)13-7-5-12(6-8-13)10(3)15/h5-9,11H,1-4H3. The number of hydrogen-bond donors (Lipinski definition) is 0. The van der Waals surface area contributed by atoms with Gasteiger partial charge in [-0.3, -0.25) is 9.59 Å². The zero-order valence-corrected chi connectivity index (χ0v) is 12.7. The third kappa shape index (κ3) is 3.66. The Hall–Kier alpha value is -1.69. The molecule has 0 fully saturated rings. The van der Waals surface area contributed by atoms with E-state index in [1.807, 2.05) is 0 Å². The molecule has 0 amide bonds. The molecule has 0 radical (unpaired) electrons. The molecule has 0 saturated heterocycles. The summed E-state index contributed by atoms with van der Waals surface area (Å²) >= 11 is 0. The van der Waals surface area contributed by atoms with Gasteiger partial charge in [0.15, 0.2) is 20.9 Å². The van der Waals surface area contributed by atoms with Crippen LogP contribution < -0.4 is 0 Å². The van der Waals surface area contributed by atoms with Gasteiger partial charge in [0.05, 0.1) is 11.0 Å². The normalized spacial score (nSPS) is 13.1. The second kappa shape index (κ2) is 6.17. The molecule has 0 aliphatic heterocycles.